The normalized spacial score (nSPS) is 10.7. The zero-order valence-electron chi connectivity index (χ0n) is 9.41. The molecule has 5 heteroatoms. The molecular formula is C13H11ClF2N2. The molecule has 0 spiro atoms. The number of alkyl halides is 2. The third-order valence-electron chi connectivity index (χ3n) is 2.47. The molecule has 94 valence electrons. The van der Waals surface area contributed by atoms with Crippen LogP contribution in [0.2, 0.25) is 5.15 Å². The average molecular weight is 269 g/mol. The second-order valence-electron chi connectivity index (χ2n) is 3.74. The van der Waals surface area contributed by atoms with Gasteiger partial charge in [0.2, 0.25) is 0 Å². The summed E-state index contributed by atoms with van der Waals surface area (Å²) in [6, 6.07) is 9.76. The summed E-state index contributed by atoms with van der Waals surface area (Å²) in [6.07, 6.45) is -0.829. The second-order valence-corrected chi connectivity index (χ2v) is 4.10. The number of aromatic nitrogens is 1. The first-order valence-electron chi connectivity index (χ1n) is 5.38. The van der Waals surface area contributed by atoms with Crippen molar-refractivity contribution in [2.75, 3.05) is 5.32 Å². The number of hydrogen-bond acceptors (Lipinski definition) is 2. The molecule has 2 aromatic rings. The molecule has 1 N–H and O–H groups in total. The Bertz CT molecular complexity index is 515. The van der Waals surface area contributed by atoms with Gasteiger partial charge in [0.05, 0.1) is 5.69 Å². The van der Waals surface area contributed by atoms with E-state index in [4.69, 9.17) is 11.6 Å². The molecular weight excluding hydrogens is 258 g/mol. The number of nitrogens with one attached hydrogen (secondary N) is 1. The van der Waals surface area contributed by atoms with Crippen molar-refractivity contribution in [1.29, 1.82) is 0 Å². The van der Waals surface area contributed by atoms with Crippen molar-refractivity contribution in [1.82, 2.24) is 4.98 Å². The van der Waals surface area contributed by atoms with Gasteiger partial charge in [-0.05, 0) is 17.7 Å². The van der Waals surface area contributed by atoms with Crippen molar-refractivity contribution >= 4 is 17.3 Å². The van der Waals surface area contributed by atoms with Crippen LogP contribution >= 0.6 is 11.6 Å². The molecule has 0 saturated heterocycles. The average Bonchev–Trinajstić information content (AvgIpc) is 2.38. The Morgan fingerprint density at radius 2 is 1.89 bits per heavy atom. The lowest BCUT2D eigenvalue weighted by atomic mass is 10.1. The van der Waals surface area contributed by atoms with Gasteiger partial charge in [-0.15, -0.1) is 0 Å². The molecule has 1 aromatic heterocycles. The van der Waals surface area contributed by atoms with E-state index < -0.39 is 6.43 Å². The Balaban J connectivity index is 2.00. The van der Waals surface area contributed by atoms with Crippen molar-refractivity contribution in [3.63, 3.8) is 0 Å². The highest BCUT2D eigenvalue weighted by atomic mass is 35.5. The van der Waals surface area contributed by atoms with Crippen LogP contribution in [0.5, 0.6) is 0 Å². The molecule has 0 radical (unpaired) electrons. The number of rotatable bonds is 4. The minimum atomic E-state index is -2.43. The third kappa shape index (κ3) is 3.17. The van der Waals surface area contributed by atoms with Crippen molar-refractivity contribution in [2.45, 2.75) is 13.0 Å². The lowest BCUT2D eigenvalue weighted by molar-refractivity contribution is 0.151. The Morgan fingerprint density at radius 3 is 2.50 bits per heavy atom. The number of nitrogens with zero attached hydrogens (tertiary/aromatic N) is 1. The van der Waals surface area contributed by atoms with Gasteiger partial charge in [0, 0.05) is 18.3 Å². The molecule has 0 saturated carbocycles. The lowest BCUT2D eigenvalue weighted by Gasteiger charge is -2.08. The van der Waals surface area contributed by atoms with E-state index in [2.05, 4.69) is 10.3 Å². The third-order valence-corrected chi connectivity index (χ3v) is 2.77. The minimum absolute atomic E-state index is 0.0261. The fourth-order valence-electron chi connectivity index (χ4n) is 1.50. The SMILES string of the molecule is FC(F)c1ccc(CNc2cccnc2Cl)cc1. The van der Waals surface area contributed by atoms with E-state index in [0.717, 1.165) is 11.3 Å². The van der Waals surface area contributed by atoms with Crippen molar-refractivity contribution in [3.05, 3.63) is 58.9 Å². The quantitative estimate of drug-likeness (QED) is 0.837. The molecule has 0 amide bonds. The van der Waals surface area contributed by atoms with E-state index in [1.54, 1.807) is 24.4 Å². The molecule has 0 bridgehead atoms. The summed E-state index contributed by atoms with van der Waals surface area (Å²) in [5.74, 6) is 0. The van der Waals surface area contributed by atoms with Crippen molar-refractivity contribution in [2.24, 2.45) is 0 Å². The topological polar surface area (TPSA) is 24.9 Å². The summed E-state index contributed by atoms with van der Waals surface area (Å²) in [7, 11) is 0. The Labute approximate surface area is 109 Å². The zero-order valence-corrected chi connectivity index (χ0v) is 10.2. The summed E-state index contributed by atoms with van der Waals surface area (Å²) < 4.78 is 24.7. The zero-order chi connectivity index (χ0) is 13.0. The summed E-state index contributed by atoms with van der Waals surface area (Å²) in [5, 5.41) is 3.49. The maximum atomic E-state index is 12.4. The van der Waals surface area contributed by atoms with Crippen molar-refractivity contribution < 1.29 is 8.78 Å². The predicted molar refractivity (Wildman–Crippen MR) is 68.0 cm³/mol. The van der Waals surface area contributed by atoms with E-state index in [0.29, 0.717) is 11.7 Å². The number of pyridine rings is 1. The fourth-order valence-corrected chi connectivity index (χ4v) is 1.68. The first-order valence-corrected chi connectivity index (χ1v) is 5.76. The highest BCUT2D eigenvalue weighted by Crippen LogP contribution is 2.20. The van der Waals surface area contributed by atoms with Crippen LogP contribution in [0.4, 0.5) is 14.5 Å². The van der Waals surface area contributed by atoms with E-state index >= 15 is 0 Å². The van der Waals surface area contributed by atoms with Gasteiger partial charge in [-0.25, -0.2) is 13.8 Å². The first kappa shape index (κ1) is 12.8. The molecule has 18 heavy (non-hydrogen) atoms. The van der Waals surface area contributed by atoms with Crippen LogP contribution in [0.3, 0.4) is 0 Å². The van der Waals surface area contributed by atoms with Crippen LogP contribution in [0.25, 0.3) is 0 Å². The van der Waals surface area contributed by atoms with Crippen LogP contribution < -0.4 is 5.32 Å². The highest BCUT2D eigenvalue weighted by molar-refractivity contribution is 6.31. The summed E-state index contributed by atoms with van der Waals surface area (Å²) in [4.78, 5) is 3.93. The van der Waals surface area contributed by atoms with E-state index in [9.17, 15) is 8.78 Å². The van der Waals surface area contributed by atoms with Gasteiger partial charge < -0.3 is 5.32 Å². The fraction of sp³-hybridized carbons (Fsp3) is 0.154. The summed E-state index contributed by atoms with van der Waals surface area (Å²) >= 11 is 5.88. The number of hydrogen-bond donors (Lipinski definition) is 1. The molecule has 0 aliphatic heterocycles. The van der Waals surface area contributed by atoms with Crippen LogP contribution in [-0.2, 0) is 6.54 Å². The first-order chi connectivity index (χ1) is 8.66. The van der Waals surface area contributed by atoms with Crippen molar-refractivity contribution in [3.8, 4) is 0 Å². The monoisotopic (exact) mass is 268 g/mol. The van der Waals surface area contributed by atoms with Gasteiger partial charge in [-0.1, -0.05) is 35.9 Å². The van der Waals surface area contributed by atoms with Gasteiger partial charge in [-0.3, -0.25) is 0 Å². The standard InChI is InChI=1S/C13H11ClF2N2/c14-12-11(2-1-7-17-12)18-8-9-3-5-10(6-4-9)13(15)16/h1-7,13,18H,8H2. The molecule has 2 rings (SSSR count). The molecule has 1 heterocycles. The number of anilines is 1. The molecule has 2 nitrogen and oxygen atoms in total. The Morgan fingerprint density at radius 1 is 1.17 bits per heavy atom. The Kier molecular flexibility index (Phi) is 4.10. The van der Waals surface area contributed by atoms with E-state index in [-0.39, 0.29) is 5.56 Å². The maximum Gasteiger partial charge on any atom is 0.263 e. The van der Waals surface area contributed by atoms with Gasteiger partial charge in [0.25, 0.3) is 6.43 Å². The molecule has 0 aliphatic rings. The van der Waals surface area contributed by atoms with Crippen LogP contribution in [0, 0.1) is 0 Å². The Hall–Kier alpha value is -1.68. The van der Waals surface area contributed by atoms with Crippen LogP contribution in [-0.4, -0.2) is 4.98 Å². The van der Waals surface area contributed by atoms with Gasteiger partial charge in [-0.2, -0.15) is 0 Å². The van der Waals surface area contributed by atoms with Gasteiger partial charge >= 0.3 is 0 Å². The number of benzene rings is 1. The highest BCUT2D eigenvalue weighted by Gasteiger charge is 2.06. The van der Waals surface area contributed by atoms with Gasteiger partial charge in [0.1, 0.15) is 0 Å². The molecule has 0 unspecified atom stereocenters. The van der Waals surface area contributed by atoms with Crippen LogP contribution in [0.15, 0.2) is 42.6 Å². The predicted octanol–water partition coefficient (Wildman–Crippen LogP) is 4.28. The largest absolute Gasteiger partial charge is 0.378 e. The number of halogens is 3. The molecule has 0 fully saturated rings. The summed E-state index contributed by atoms with van der Waals surface area (Å²) in [6.45, 7) is 0.509. The van der Waals surface area contributed by atoms with Gasteiger partial charge in [0.15, 0.2) is 5.15 Å². The maximum absolute atomic E-state index is 12.4. The molecule has 0 atom stereocenters. The van der Waals surface area contributed by atoms with Crippen LogP contribution in [0.1, 0.15) is 17.6 Å². The minimum Gasteiger partial charge on any atom is -0.378 e. The molecule has 1 aromatic carbocycles. The second kappa shape index (κ2) is 5.78. The van der Waals surface area contributed by atoms with E-state index in [1.807, 2.05) is 6.07 Å². The van der Waals surface area contributed by atoms with E-state index in [1.165, 1.54) is 12.1 Å². The lowest BCUT2D eigenvalue weighted by Crippen LogP contribution is -2.00. The summed E-state index contributed by atoms with van der Waals surface area (Å²) in [5.41, 5.74) is 1.65. The molecule has 0 aliphatic carbocycles. The smallest absolute Gasteiger partial charge is 0.263 e.